The number of benzene rings is 1. The third-order valence-electron chi connectivity index (χ3n) is 4.03. The van der Waals surface area contributed by atoms with Gasteiger partial charge in [0.15, 0.2) is 11.6 Å². The Morgan fingerprint density at radius 1 is 1.32 bits per heavy atom. The zero-order chi connectivity index (χ0) is 14.0. The highest BCUT2D eigenvalue weighted by molar-refractivity contribution is 5.25. The van der Waals surface area contributed by atoms with Crippen LogP contribution in [0.4, 0.5) is 8.78 Å². The Hall–Kier alpha value is -1.16. The molecule has 0 saturated heterocycles. The molecule has 1 aliphatic rings. The number of hydrogen-bond acceptors (Lipinski definition) is 2. The van der Waals surface area contributed by atoms with Crippen molar-refractivity contribution in [2.75, 3.05) is 7.05 Å². The second-order valence-corrected chi connectivity index (χ2v) is 5.86. The standard InChI is InChI=1S/C15H21F2NO/c1-15(2)9-5-8-12(14(15)18-3)19-11-7-4-6-10(16)13(11)17/h4,6-7,12,14,18H,5,8-9H2,1-3H3. The van der Waals surface area contributed by atoms with Crippen LogP contribution in [0.2, 0.25) is 0 Å². The van der Waals surface area contributed by atoms with Crippen molar-refractivity contribution in [3.63, 3.8) is 0 Å². The summed E-state index contributed by atoms with van der Waals surface area (Å²) in [5.74, 6) is -1.77. The van der Waals surface area contributed by atoms with E-state index in [1.54, 1.807) is 0 Å². The molecule has 1 fully saturated rings. The first-order valence-corrected chi connectivity index (χ1v) is 6.73. The maximum absolute atomic E-state index is 13.7. The van der Waals surface area contributed by atoms with Crippen molar-refractivity contribution < 1.29 is 13.5 Å². The average molecular weight is 269 g/mol. The van der Waals surface area contributed by atoms with Crippen molar-refractivity contribution in [1.29, 1.82) is 0 Å². The number of rotatable bonds is 3. The molecule has 2 atom stereocenters. The second kappa shape index (κ2) is 5.45. The molecule has 0 aromatic heterocycles. The fourth-order valence-electron chi connectivity index (χ4n) is 3.03. The Labute approximate surface area is 113 Å². The lowest BCUT2D eigenvalue weighted by atomic mass is 9.72. The lowest BCUT2D eigenvalue weighted by molar-refractivity contribution is 0.0375. The van der Waals surface area contributed by atoms with Crippen molar-refractivity contribution in [3.05, 3.63) is 29.8 Å². The summed E-state index contributed by atoms with van der Waals surface area (Å²) in [7, 11) is 1.88. The molecule has 0 amide bonds. The molecule has 2 nitrogen and oxygen atoms in total. The minimum atomic E-state index is -0.902. The predicted octanol–water partition coefficient (Wildman–Crippen LogP) is 3.51. The Morgan fingerprint density at radius 2 is 2.05 bits per heavy atom. The van der Waals surface area contributed by atoms with Crippen molar-refractivity contribution in [3.8, 4) is 5.75 Å². The summed E-state index contributed by atoms with van der Waals surface area (Å²) in [6.45, 7) is 4.34. The molecule has 0 radical (unpaired) electrons. The molecule has 19 heavy (non-hydrogen) atoms. The van der Waals surface area contributed by atoms with Gasteiger partial charge in [-0.15, -0.1) is 0 Å². The SMILES string of the molecule is CNC1C(Oc2cccc(F)c2F)CCCC1(C)C. The van der Waals surface area contributed by atoms with E-state index >= 15 is 0 Å². The molecular formula is C15H21F2NO. The fourth-order valence-corrected chi connectivity index (χ4v) is 3.03. The number of ether oxygens (including phenoxy) is 1. The highest BCUT2D eigenvalue weighted by Crippen LogP contribution is 2.37. The lowest BCUT2D eigenvalue weighted by Gasteiger charge is -2.43. The molecule has 2 rings (SSSR count). The first kappa shape index (κ1) is 14.3. The normalized spacial score (nSPS) is 26.2. The van der Waals surface area contributed by atoms with Gasteiger partial charge < -0.3 is 10.1 Å². The van der Waals surface area contributed by atoms with Crippen LogP contribution in [-0.4, -0.2) is 19.2 Å². The number of likely N-dealkylation sites (N-methyl/N-ethyl adjacent to an activating group) is 1. The van der Waals surface area contributed by atoms with E-state index in [9.17, 15) is 8.78 Å². The van der Waals surface area contributed by atoms with E-state index in [-0.39, 0.29) is 23.3 Å². The monoisotopic (exact) mass is 269 g/mol. The van der Waals surface area contributed by atoms with Gasteiger partial charge in [-0.3, -0.25) is 0 Å². The third kappa shape index (κ3) is 2.89. The number of hydrogen-bond donors (Lipinski definition) is 1. The van der Waals surface area contributed by atoms with Crippen molar-refractivity contribution in [1.82, 2.24) is 5.32 Å². The summed E-state index contributed by atoms with van der Waals surface area (Å²) < 4.78 is 32.6. The maximum Gasteiger partial charge on any atom is 0.200 e. The minimum absolute atomic E-state index is 0.00273. The summed E-state index contributed by atoms with van der Waals surface area (Å²) in [5.41, 5.74) is 0.0848. The summed E-state index contributed by atoms with van der Waals surface area (Å²) in [4.78, 5) is 0. The molecule has 0 aliphatic heterocycles. The van der Waals surface area contributed by atoms with E-state index in [0.717, 1.165) is 25.3 Å². The Kier molecular flexibility index (Phi) is 4.09. The smallest absolute Gasteiger partial charge is 0.200 e. The van der Waals surface area contributed by atoms with Crippen molar-refractivity contribution >= 4 is 0 Å². The van der Waals surface area contributed by atoms with Gasteiger partial charge in [-0.05, 0) is 43.9 Å². The summed E-state index contributed by atoms with van der Waals surface area (Å²) >= 11 is 0. The molecule has 0 bridgehead atoms. The quantitative estimate of drug-likeness (QED) is 0.906. The van der Waals surface area contributed by atoms with E-state index in [1.165, 1.54) is 12.1 Å². The van der Waals surface area contributed by atoms with E-state index in [1.807, 2.05) is 7.05 Å². The largest absolute Gasteiger partial charge is 0.486 e. The molecule has 2 unspecified atom stereocenters. The summed E-state index contributed by atoms with van der Waals surface area (Å²) in [6, 6.07) is 4.18. The van der Waals surface area contributed by atoms with Crippen LogP contribution < -0.4 is 10.1 Å². The van der Waals surface area contributed by atoms with E-state index < -0.39 is 11.6 Å². The average Bonchev–Trinajstić information content (AvgIpc) is 2.34. The van der Waals surface area contributed by atoms with Gasteiger partial charge in [-0.1, -0.05) is 19.9 Å². The zero-order valence-electron chi connectivity index (χ0n) is 11.7. The molecule has 106 valence electrons. The van der Waals surface area contributed by atoms with Gasteiger partial charge in [0, 0.05) is 6.04 Å². The first-order chi connectivity index (χ1) is 8.95. The molecule has 1 saturated carbocycles. The molecule has 0 heterocycles. The van der Waals surface area contributed by atoms with Crippen LogP contribution in [0.15, 0.2) is 18.2 Å². The predicted molar refractivity (Wildman–Crippen MR) is 71.3 cm³/mol. The first-order valence-electron chi connectivity index (χ1n) is 6.73. The van der Waals surface area contributed by atoms with Crippen LogP contribution in [0.25, 0.3) is 0 Å². The van der Waals surface area contributed by atoms with Gasteiger partial charge in [0.05, 0.1) is 0 Å². The fraction of sp³-hybridized carbons (Fsp3) is 0.600. The van der Waals surface area contributed by atoms with Crippen LogP contribution in [0.1, 0.15) is 33.1 Å². The molecule has 1 aromatic carbocycles. The Balaban J connectivity index is 2.19. The van der Waals surface area contributed by atoms with Gasteiger partial charge in [-0.25, -0.2) is 4.39 Å². The second-order valence-electron chi connectivity index (χ2n) is 5.86. The highest BCUT2D eigenvalue weighted by atomic mass is 19.2. The molecule has 4 heteroatoms. The number of nitrogens with one attached hydrogen (secondary N) is 1. The van der Waals surface area contributed by atoms with Gasteiger partial charge in [0.2, 0.25) is 5.82 Å². The van der Waals surface area contributed by atoms with Crippen LogP contribution in [0, 0.1) is 17.0 Å². The topological polar surface area (TPSA) is 21.3 Å². The Morgan fingerprint density at radius 3 is 2.74 bits per heavy atom. The van der Waals surface area contributed by atoms with Crippen LogP contribution >= 0.6 is 0 Å². The molecular weight excluding hydrogens is 248 g/mol. The highest BCUT2D eigenvalue weighted by Gasteiger charge is 2.39. The molecule has 0 spiro atoms. The third-order valence-corrected chi connectivity index (χ3v) is 4.03. The van der Waals surface area contributed by atoms with E-state index in [2.05, 4.69) is 19.2 Å². The van der Waals surface area contributed by atoms with Gasteiger partial charge in [0.1, 0.15) is 6.10 Å². The number of halogens is 2. The van der Waals surface area contributed by atoms with Gasteiger partial charge >= 0.3 is 0 Å². The zero-order valence-corrected chi connectivity index (χ0v) is 11.7. The van der Waals surface area contributed by atoms with Crippen molar-refractivity contribution in [2.45, 2.75) is 45.3 Å². The molecule has 1 N–H and O–H groups in total. The van der Waals surface area contributed by atoms with E-state index in [0.29, 0.717) is 0 Å². The molecule has 1 aliphatic carbocycles. The van der Waals surface area contributed by atoms with E-state index in [4.69, 9.17) is 4.74 Å². The minimum Gasteiger partial charge on any atom is -0.486 e. The van der Waals surface area contributed by atoms with Gasteiger partial charge in [0.25, 0.3) is 0 Å². The van der Waals surface area contributed by atoms with Crippen LogP contribution in [0.5, 0.6) is 5.75 Å². The summed E-state index contributed by atoms with van der Waals surface area (Å²) in [5, 5.41) is 3.26. The lowest BCUT2D eigenvalue weighted by Crippen LogP contribution is -2.53. The summed E-state index contributed by atoms with van der Waals surface area (Å²) in [6.07, 6.45) is 2.85. The van der Waals surface area contributed by atoms with Crippen LogP contribution in [-0.2, 0) is 0 Å². The van der Waals surface area contributed by atoms with Gasteiger partial charge in [-0.2, -0.15) is 4.39 Å². The van der Waals surface area contributed by atoms with Crippen LogP contribution in [0.3, 0.4) is 0 Å². The van der Waals surface area contributed by atoms with Crippen molar-refractivity contribution in [2.24, 2.45) is 5.41 Å². The Bertz CT molecular complexity index is 448. The molecule has 1 aromatic rings. The maximum atomic E-state index is 13.7.